The highest BCUT2D eigenvalue weighted by Crippen LogP contribution is 2.44. The zero-order valence-electron chi connectivity index (χ0n) is 17.5. The fraction of sp³-hybridized carbons (Fsp3) is 0.500. The number of amides is 1. The molecule has 1 fully saturated rings. The Morgan fingerprint density at radius 2 is 2.03 bits per heavy atom. The molecule has 0 saturated carbocycles. The Morgan fingerprint density at radius 3 is 2.83 bits per heavy atom. The van der Waals surface area contributed by atoms with E-state index in [2.05, 4.69) is 33.7 Å². The lowest BCUT2D eigenvalue weighted by Crippen LogP contribution is -2.37. The predicted octanol–water partition coefficient (Wildman–Crippen LogP) is 4.02. The van der Waals surface area contributed by atoms with Gasteiger partial charge in [0.25, 0.3) is 0 Å². The number of carbonyl (C=O) groups is 1. The molecule has 5 heterocycles. The minimum absolute atomic E-state index is 0.0241. The summed E-state index contributed by atoms with van der Waals surface area (Å²) in [6.07, 6.45) is 5.61. The van der Waals surface area contributed by atoms with Gasteiger partial charge >= 0.3 is 6.09 Å². The number of nitrogens with one attached hydrogen (secondary N) is 1. The van der Waals surface area contributed by atoms with Crippen LogP contribution in [0.3, 0.4) is 0 Å². The molecule has 1 atom stereocenters. The van der Waals surface area contributed by atoms with Crippen LogP contribution in [0.25, 0.3) is 22.3 Å². The summed E-state index contributed by atoms with van der Waals surface area (Å²) in [4.78, 5) is 22.1. The van der Waals surface area contributed by atoms with E-state index in [1.807, 2.05) is 38.1 Å². The summed E-state index contributed by atoms with van der Waals surface area (Å²) >= 11 is 0. The van der Waals surface area contributed by atoms with Gasteiger partial charge in [-0.1, -0.05) is 0 Å². The smallest absolute Gasteiger partial charge is 0.410 e. The first-order valence-corrected chi connectivity index (χ1v) is 10.2. The van der Waals surface area contributed by atoms with E-state index in [0.717, 1.165) is 48.2 Å². The number of fused-ring (bicyclic) bond motifs is 3. The number of hydrogen-bond donors (Lipinski definition) is 1. The number of hydrogen-bond acceptors (Lipinski definition) is 4. The van der Waals surface area contributed by atoms with Crippen molar-refractivity contribution in [1.29, 1.82) is 0 Å². The van der Waals surface area contributed by atoms with Crippen LogP contribution in [0.15, 0.2) is 24.5 Å². The number of ether oxygens (including phenoxy) is 1. The van der Waals surface area contributed by atoms with Crippen molar-refractivity contribution in [2.24, 2.45) is 0 Å². The molecular formula is C22H27N5O2. The van der Waals surface area contributed by atoms with Crippen molar-refractivity contribution in [2.45, 2.75) is 58.1 Å². The molecule has 0 radical (unpaired) electrons. The van der Waals surface area contributed by atoms with E-state index in [1.165, 1.54) is 11.3 Å². The molecular weight excluding hydrogens is 366 g/mol. The molecule has 0 aromatic carbocycles. The van der Waals surface area contributed by atoms with E-state index in [9.17, 15) is 4.79 Å². The Hall–Kier alpha value is -2.83. The Morgan fingerprint density at radius 1 is 1.24 bits per heavy atom. The number of nitrogens with zero attached hydrogens (tertiary/aromatic N) is 4. The largest absolute Gasteiger partial charge is 0.444 e. The van der Waals surface area contributed by atoms with Gasteiger partial charge in [0.2, 0.25) is 0 Å². The van der Waals surface area contributed by atoms with Gasteiger partial charge in [0.1, 0.15) is 11.2 Å². The second-order valence-corrected chi connectivity index (χ2v) is 9.41. The molecule has 0 bridgehead atoms. The van der Waals surface area contributed by atoms with Gasteiger partial charge in [-0.2, -0.15) is 5.10 Å². The quantitative estimate of drug-likeness (QED) is 0.678. The van der Waals surface area contributed by atoms with Crippen molar-refractivity contribution in [2.75, 3.05) is 13.1 Å². The van der Waals surface area contributed by atoms with E-state index >= 15 is 0 Å². The monoisotopic (exact) mass is 393 g/mol. The molecule has 2 aliphatic heterocycles. The maximum atomic E-state index is 12.5. The van der Waals surface area contributed by atoms with Gasteiger partial charge in [0, 0.05) is 54.1 Å². The molecule has 5 rings (SSSR count). The van der Waals surface area contributed by atoms with Gasteiger partial charge < -0.3 is 14.6 Å². The highest BCUT2D eigenvalue weighted by atomic mass is 16.6. The molecule has 3 aromatic rings. The average molecular weight is 393 g/mol. The highest BCUT2D eigenvalue weighted by molar-refractivity contribution is 5.83. The standard InChI is InChI=1S/C22H27N5O2/c1-14-11-23-19-16(14)9-15(12-24-19)17-10-18-22(6-8-27(18)25-17)5-7-26(13-22)20(28)29-21(2,3)4/h9-12H,5-8,13H2,1-4H3,(H,23,24). The van der Waals surface area contributed by atoms with E-state index < -0.39 is 5.60 Å². The lowest BCUT2D eigenvalue weighted by Gasteiger charge is -2.26. The third kappa shape index (κ3) is 2.99. The lowest BCUT2D eigenvalue weighted by atomic mass is 9.82. The number of aromatic nitrogens is 4. The van der Waals surface area contributed by atoms with Crippen LogP contribution >= 0.6 is 0 Å². The summed E-state index contributed by atoms with van der Waals surface area (Å²) in [5.41, 5.74) is 4.79. The fourth-order valence-corrected chi connectivity index (χ4v) is 4.65. The van der Waals surface area contributed by atoms with Gasteiger partial charge in [-0.05, 0) is 58.2 Å². The van der Waals surface area contributed by atoms with Gasteiger partial charge in [0.15, 0.2) is 0 Å². The number of H-pyrrole nitrogens is 1. The van der Waals surface area contributed by atoms with Gasteiger partial charge in [-0.3, -0.25) is 4.68 Å². The summed E-state index contributed by atoms with van der Waals surface area (Å²) in [6.45, 7) is 10.1. The van der Waals surface area contributed by atoms with E-state index in [1.54, 1.807) is 0 Å². The van der Waals surface area contributed by atoms with E-state index in [4.69, 9.17) is 9.84 Å². The number of rotatable bonds is 1. The third-order valence-electron chi connectivity index (χ3n) is 6.16. The van der Waals surface area contributed by atoms with Gasteiger partial charge in [-0.15, -0.1) is 0 Å². The zero-order valence-corrected chi connectivity index (χ0v) is 17.5. The molecule has 3 aromatic heterocycles. The fourth-order valence-electron chi connectivity index (χ4n) is 4.65. The molecule has 7 nitrogen and oxygen atoms in total. The highest BCUT2D eigenvalue weighted by Gasteiger charge is 2.47. The summed E-state index contributed by atoms with van der Waals surface area (Å²) in [6, 6.07) is 4.34. The Balaban J connectivity index is 1.43. The molecule has 2 aliphatic rings. The second kappa shape index (κ2) is 6.08. The van der Waals surface area contributed by atoms with Crippen molar-refractivity contribution < 1.29 is 9.53 Å². The molecule has 152 valence electrons. The first-order chi connectivity index (χ1) is 13.7. The predicted molar refractivity (Wildman–Crippen MR) is 111 cm³/mol. The van der Waals surface area contributed by atoms with Crippen molar-refractivity contribution in [3.63, 3.8) is 0 Å². The van der Waals surface area contributed by atoms with Crippen LogP contribution in [0.2, 0.25) is 0 Å². The summed E-state index contributed by atoms with van der Waals surface area (Å²) in [5.74, 6) is 0. The number of aryl methyl sites for hydroxylation is 2. The summed E-state index contributed by atoms with van der Waals surface area (Å²) in [5, 5.41) is 5.99. The molecule has 1 unspecified atom stereocenters. The molecule has 1 saturated heterocycles. The van der Waals surface area contributed by atoms with Crippen molar-refractivity contribution >= 4 is 17.1 Å². The molecule has 7 heteroatoms. The van der Waals surface area contributed by atoms with Gasteiger partial charge in [0.05, 0.1) is 5.69 Å². The number of carbonyl (C=O) groups excluding carboxylic acids is 1. The first kappa shape index (κ1) is 18.2. The van der Waals surface area contributed by atoms with Gasteiger partial charge in [-0.25, -0.2) is 9.78 Å². The SMILES string of the molecule is Cc1c[nH]c2ncc(-c3cc4n(n3)CCC43CCN(C(=O)OC(C)(C)C)C3)cc12. The molecule has 1 amide bonds. The van der Waals surface area contributed by atoms with Crippen molar-refractivity contribution in [1.82, 2.24) is 24.6 Å². The number of likely N-dealkylation sites (tertiary alicyclic amines) is 1. The van der Waals surface area contributed by atoms with E-state index in [0.29, 0.717) is 6.54 Å². The topological polar surface area (TPSA) is 76.0 Å². The molecule has 1 N–H and O–H groups in total. The normalized spacial score (nSPS) is 21.3. The van der Waals surface area contributed by atoms with Crippen LogP contribution in [-0.2, 0) is 16.7 Å². The minimum atomic E-state index is -0.473. The first-order valence-electron chi connectivity index (χ1n) is 10.2. The number of aromatic amines is 1. The van der Waals surface area contributed by atoms with Crippen LogP contribution in [0, 0.1) is 6.92 Å². The van der Waals surface area contributed by atoms with Crippen LogP contribution in [0.4, 0.5) is 4.79 Å². The van der Waals surface area contributed by atoms with Crippen LogP contribution in [-0.4, -0.2) is 49.4 Å². The Labute approximate surface area is 170 Å². The Kier molecular flexibility index (Phi) is 3.82. The summed E-state index contributed by atoms with van der Waals surface area (Å²) in [7, 11) is 0. The van der Waals surface area contributed by atoms with Crippen LogP contribution in [0.5, 0.6) is 0 Å². The van der Waals surface area contributed by atoms with Crippen LogP contribution in [0.1, 0.15) is 44.9 Å². The maximum absolute atomic E-state index is 12.5. The third-order valence-corrected chi connectivity index (χ3v) is 6.16. The zero-order chi connectivity index (χ0) is 20.4. The molecule has 0 aliphatic carbocycles. The molecule has 1 spiro atoms. The maximum Gasteiger partial charge on any atom is 0.410 e. The Bertz CT molecular complexity index is 1110. The lowest BCUT2D eigenvalue weighted by molar-refractivity contribution is 0.0284. The summed E-state index contributed by atoms with van der Waals surface area (Å²) < 4.78 is 7.70. The van der Waals surface area contributed by atoms with Crippen molar-refractivity contribution in [3.05, 3.63) is 35.8 Å². The van der Waals surface area contributed by atoms with Crippen molar-refractivity contribution in [3.8, 4) is 11.3 Å². The molecule has 29 heavy (non-hydrogen) atoms. The van der Waals surface area contributed by atoms with E-state index in [-0.39, 0.29) is 11.5 Å². The second-order valence-electron chi connectivity index (χ2n) is 9.41. The minimum Gasteiger partial charge on any atom is -0.444 e. The number of pyridine rings is 1. The average Bonchev–Trinajstić information content (AvgIpc) is 3.40. The van der Waals surface area contributed by atoms with Crippen LogP contribution < -0.4 is 0 Å².